The average molecular weight is 283 g/mol. The monoisotopic (exact) mass is 283 g/mol. The molecule has 21 heavy (non-hydrogen) atoms. The van der Waals surface area contributed by atoms with Crippen molar-refractivity contribution in [2.24, 2.45) is 5.41 Å². The van der Waals surface area contributed by atoms with E-state index >= 15 is 0 Å². The zero-order valence-electron chi connectivity index (χ0n) is 13.4. The molecule has 2 rings (SSSR count). The molecule has 2 nitrogen and oxygen atoms in total. The molecule has 2 aromatic rings. The van der Waals surface area contributed by atoms with Crippen molar-refractivity contribution in [1.82, 2.24) is 4.98 Å². The van der Waals surface area contributed by atoms with Gasteiger partial charge in [-0.1, -0.05) is 50.6 Å². The molecule has 0 aliphatic carbocycles. The topological polar surface area (TPSA) is 33.1 Å². The van der Waals surface area contributed by atoms with Gasteiger partial charge in [-0.3, -0.25) is 4.98 Å². The third-order valence-corrected chi connectivity index (χ3v) is 3.59. The van der Waals surface area contributed by atoms with Crippen LogP contribution in [0, 0.1) is 12.3 Å². The van der Waals surface area contributed by atoms with Crippen LogP contribution in [0.4, 0.5) is 0 Å². The van der Waals surface area contributed by atoms with E-state index in [0.29, 0.717) is 0 Å². The standard InChI is InChI=1S/C19H25NO/c1-14-7-5-8-15(13-14)16-9-6-10-17(20-16)18(21)11-12-19(2,3)4/h5-10,13,18,21H,11-12H2,1-4H3/t18-/m0/s1. The van der Waals surface area contributed by atoms with Gasteiger partial charge in [-0.15, -0.1) is 0 Å². The molecule has 0 fully saturated rings. The Morgan fingerprint density at radius 2 is 1.81 bits per heavy atom. The predicted molar refractivity (Wildman–Crippen MR) is 88.1 cm³/mol. The lowest BCUT2D eigenvalue weighted by Crippen LogP contribution is -2.09. The first-order chi connectivity index (χ1) is 9.85. The van der Waals surface area contributed by atoms with Crippen molar-refractivity contribution in [3.63, 3.8) is 0 Å². The summed E-state index contributed by atoms with van der Waals surface area (Å²) >= 11 is 0. The predicted octanol–water partition coefficient (Wildman–Crippen LogP) is 4.92. The van der Waals surface area contributed by atoms with Crippen molar-refractivity contribution in [3.05, 3.63) is 53.7 Å². The van der Waals surface area contributed by atoms with Crippen LogP contribution in [-0.4, -0.2) is 10.1 Å². The van der Waals surface area contributed by atoms with Crippen molar-refractivity contribution < 1.29 is 5.11 Å². The summed E-state index contributed by atoms with van der Waals surface area (Å²) in [6.45, 7) is 8.65. The highest BCUT2D eigenvalue weighted by Gasteiger charge is 2.16. The first-order valence-corrected chi connectivity index (χ1v) is 7.57. The lowest BCUT2D eigenvalue weighted by atomic mass is 9.88. The summed E-state index contributed by atoms with van der Waals surface area (Å²) in [7, 11) is 0. The number of hydrogen-bond donors (Lipinski definition) is 1. The third-order valence-electron chi connectivity index (χ3n) is 3.59. The number of nitrogens with zero attached hydrogens (tertiary/aromatic N) is 1. The summed E-state index contributed by atoms with van der Waals surface area (Å²) in [4.78, 5) is 4.63. The molecular weight excluding hydrogens is 258 g/mol. The van der Waals surface area contributed by atoms with E-state index in [9.17, 15) is 5.11 Å². The van der Waals surface area contributed by atoms with E-state index in [-0.39, 0.29) is 5.41 Å². The van der Waals surface area contributed by atoms with E-state index in [0.717, 1.165) is 29.8 Å². The molecule has 0 saturated heterocycles. The van der Waals surface area contributed by atoms with Gasteiger partial charge in [-0.05, 0) is 43.4 Å². The Morgan fingerprint density at radius 1 is 1.10 bits per heavy atom. The molecule has 0 saturated carbocycles. The maximum absolute atomic E-state index is 10.3. The Bertz CT molecular complexity index is 599. The molecule has 0 aliphatic rings. The van der Waals surface area contributed by atoms with Crippen LogP contribution in [0.2, 0.25) is 0 Å². The fraction of sp³-hybridized carbons (Fsp3) is 0.421. The van der Waals surface area contributed by atoms with E-state index in [1.165, 1.54) is 5.56 Å². The molecule has 0 unspecified atom stereocenters. The number of aliphatic hydroxyl groups excluding tert-OH is 1. The second-order valence-electron chi connectivity index (χ2n) is 6.93. The molecule has 0 aliphatic heterocycles. The number of pyridine rings is 1. The number of aliphatic hydroxyl groups is 1. The molecular formula is C19H25NO. The zero-order valence-corrected chi connectivity index (χ0v) is 13.4. The Balaban J connectivity index is 2.18. The molecule has 0 amide bonds. The fourth-order valence-electron chi connectivity index (χ4n) is 2.32. The minimum atomic E-state index is -0.492. The highest BCUT2D eigenvalue weighted by molar-refractivity contribution is 5.60. The Morgan fingerprint density at radius 3 is 2.48 bits per heavy atom. The molecule has 1 aromatic carbocycles. The van der Waals surface area contributed by atoms with Crippen LogP contribution in [-0.2, 0) is 0 Å². The maximum Gasteiger partial charge on any atom is 0.0960 e. The van der Waals surface area contributed by atoms with E-state index in [1.807, 2.05) is 24.3 Å². The molecule has 1 atom stereocenters. The molecule has 112 valence electrons. The van der Waals surface area contributed by atoms with Gasteiger partial charge in [0, 0.05) is 5.56 Å². The molecule has 2 heteroatoms. The largest absolute Gasteiger partial charge is 0.387 e. The summed E-state index contributed by atoms with van der Waals surface area (Å²) in [6.07, 6.45) is 1.23. The van der Waals surface area contributed by atoms with Crippen LogP contribution in [0.3, 0.4) is 0 Å². The summed E-state index contributed by atoms with van der Waals surface area (Å²) < 4.78 is 0. The zero-order chi connectivity index (χ0) is 15.5. The fourth-order valence-corrected chi connectivity index (χ4v) is 2.32. The van der Waals surface area contributed by atoms with Gasteiger partial charge >= 0.3 is 0 Å². The van der Waals surface area contributed by atoms with Crippen molar-refractivity contribution in [1.29, 1.82) is 0 Å². The lowest BCUT2D eigenvalue weighted by molar-refractivity contribution is 0.143. The lowest BCUT2D eigenvalue weighted by Gasteiger charge is -2.20. The Hall–Kier alpha value is -1.67. The van der Waals surface area contributed by atoms with Crippen molar-refractivity contribution in [2.45, 2.75) is 46.6 Å². The first-order valence-electron chi connectivity index (χ1n) is 7.57. The molecule has 1 N–H and O–H groups in total. The van der Waals surface area contributed by atoms with Crippen LogP contribution in [0.25, 0.3) is 11.3 Å². The third kappa shape index (κ3) is 4.68. The van der Waals surface area contributed by atoms with Crippen molar-refractivity contribution in [2.75, 3.05) is 0 Å². The van der Waals surface area contributed by atoms with Gasteiger partial charge < -0.3 is 5.11 Å². The number of hydrogen-bond acceptors (Lipinski definition) is 2. The van der Waals surface area contributed by atoms with E-state index in [1.54, 1.807) is 0 Å². The number of aryl methyl sites for hydroxylation is 1. The van der Waals surface area contributed by atoms with Crippen LogP contribution in [0.5, 0.6) is 0 Å². The summed E-state index contributed by atoms with van der Waals surface area (Å²) in [5.41, 5.74) is 4.23. The van der Waals surface area contributed by atoms with Gasteiger partial charge in [-0.25, -0.2) is 0 Å². The summed E-state index contributed by atoms with van der Waals surface area (Å²) in [5, 5.41) is 10.3. The molecule has 1 heterocycles. The van der Waals surface area contributed by atoms with Gasteiger partial charge in [0.25, 0.3) is 0 Å². The first kappa shape index (κ1) is 15.7. The molecule has 0 radical (unpaired) electrons. The highest BCUT2D eigenvalue weighted by Crippen LogP contribution is 2.27. The summed E-state index contributed by atoms with van der Waals surface area (Å²) in [5.74, 6) is 0. The quantitative estimate of drug-likeness (QED) is 0.864. The van der Waals surface area contributed by atoms with Crippen LogP contribution in [0.1, 0.15) is 51.0 Å². The normalized spacial score (nSPS) is 13.2. The van der Waals surface area contributed by atoms with Crippen LogP contribution < -0.4 is 0 Å². The molecule has 0 bridgehead atoms. The maximum atomic E-state index is 10.3. The minimum absolute atomic E-state index is 0.231. The van der Waals surface area contributed by atoms with Crippen molar-refractivity contribution >= 4 is 0 Å². The Kier molecular flexibility index (Phi) is 4.79. The second-order valence-corrected chi connectivity index (χ2v) is 6.93. The molecule has 1 aromatic heterocycles. The van der Waals surface area contributed by atoms with Gasteiger partial charge in [0.05, 0.1) is 17.5 Å². The van der Waals surface area contributed by atoms with E-state index in [2.05, 4.69) is 50.9 Å². The van der Waals surface area contributed by atoms with Gasteiger partial charge in [-0.2, -0.15) is 0 Å². The number of aromatic nitrogens is 1. The number of rotatable bonds is 4. The molecule has 0 spiro atoms. The Labute approximate surface area is 127 Å². The number of benzene rings is 1. The minimum Gasteiger partial charge on any atom is -0.387 e. The second kappa shape index (κ2) is 6.40. The smallest absolute Gasteiger partial charge is 0.0960 e. The van der Waals surface area contributed by atoms with Crippen LogP contribution >= 0.6 is 0 Å². The van der Waals surface area contributed by atoms with Crippen molar-refractivity contribution in [3.8, 4) is 11.3 Å². The van der Waals surface area contributed by atoms with E-state index in [4.69, 9.17) is 0 Å². The SMILES string of the molecule is Cc1cccc(-c2cccc([C@@H](O)CCC(C)(C)C)n2)c1. The van der Waals surface area contributed by atoms with Crippen LogP contribution in [0.15, 0.2) is 42.5 Å². The van der Waals surface area contributed by atoms with E-state index < -0.39 is 6.10 Å². The van der Waals surface area contributed by atoms with Gasteiger partial charge in [0.2, 0.25) is 0 Å². The van der Waals surface area contributed by atoms with Gasteiger partial charge in [0.15, 0.2) is 0 Å². The summed E-state index contributed by atoms with van der Waals surface area (Å²) in [6, 6.07) is 14.2. The van der Waals surface area contributed by atoms with Gasteiger partial charge in [0.1, 0.15) is 0 Å². The highest BCUT2D eigenvalue weighted by atomic mass is 16.3. The average Bonchev–Trinajstić information content (AvgIpc) is 2.44.